The summed E-state index contributed by atoms with van der Waals surface area (Å²) in [6.07, 6.45) is 4.97. The van der Waals surface area contributed by atoms with E-state index in [1.165, 1.54) is 31.7 Å². The number of piperidine rings is 1. The van der Waals surface area contributed by atoms with Crippen LogP contribution in [-0.4, -0.2) is 37.0 Å². The van der Waals surface area contributed by atoms with E-state index in [9.17, 15) is 0 Å². The van der Waals surface area contributed by atoms with Gasteiger partial charge in [-0.15, -0.1) is 0 Å². The Labute approximate surface area is 74.5 Å². The number of likely N-dealkylation sites (tertiary alicyclic amines) is 1. The van der Waals surface area contributed by atoms with Crippen LogP contribution < -0.4 is 0 Å². The van der Waals surface area contributed by atoms with Gasteiger partial charge < -0.3 is 4.90 Å². The molecule has 2 heteroatoms. The van der Waals surface area contributed by atoms with E-state index >= 15 is 0 Å². The van der Waals surface area contributed by atoms with Crippen molar-refractivity contribution in [2.75, 3.05) is 32.1 Å². The number of hydrogen-bond donors (Lipinski definition) is 0. The monoisotopic (exact) mass is 173 g/mol. The molecule has 0 atom stereocenters. The molecule has 0 amide bonds. The van der Waals surface area contributed by atoms with Gasteiger partial charge in [-0.1, -0.05) is 6.92 Å². The van der Waals surface area contributed by atoms with Gasteiger partial charge in [0, 0.05) is 0 Å². The summed E-state index contributed by atoms with van der Waals surface area (Å²) in [5, 5.41) is 0. The Bertz CT molecular complexity index is 117. The topological polar surface area (TPSA) is 3.24 Å². The highest BCUT2D eigenvalue weighted by atomic mass is 32.2. The van der Waals surface area contributed by atoms with Crippen molar-refractivity contribution in [2.24, 2.45) is 5.41 Å². The van der Waals surface area contributed by atoms with Crippen LogP contribution in [0.1, 0.15) is 19.8 Å². The molecule has 1 aliphatic heterocycles. The Morgan fingerprint density at radius 3 is 2.36 bits per heavy atom. The number of thioether (sulfide) groups is 1. The summed E-state index contributed by atoms with van der Waals surface area (Å²) in [5.74, 6) is 1.33. The zero-order valence-electron chi connectivity index (χ0n) is 7.89. The number of rotatable bonds is 2. The molecule has 1 heterocycles. The standard InChI is InChI=1S/C9H19NS/c1-9(8-11-3)4-6-10(2)7-5-9/h4-8H2,1-3H3. The zero-order valence-corrected chi connectivity index (χ0v) is 8.71. The first-order valence-corrected chi connectivity index (χ1v) is 5.73. The first-order chi connectivity index (χ1) is 5.16. The summed E-state index contributed by atoms with van der Waals surface area (Å²) in [4.78, 5) is 2.43. The molecule has 66 valence electrons. The van der Waals surface area contributed by atoms with Crippen molar-refractivity contribution in [3.8, 4) is 0 Å². The van der Waals surface area contributed by atoms with Crippen LogP contribution in [0.4, 0.5) is 0 Å². The van der Waals surface area contributed by atoms with Crippen LogP contribution >= 0.6 is 11.8 Å². The summed E-state index contributed by atoms with van der Waals surface area (Å²) in [6, 6.07) is 0. The molecular formula is C9H19NS. The van der Waals surface area contributed by atoms with Gasteiger partial charge in [-0.25, -0.2) is 0 Å². The summed E-state index contributed by atoms with van der Waals surface area (Å²) < 4.78 is 0. The molecule has 0 unspecified atom stereocenters. The fourth-order valence-electron chi connectivity index (χ4n) is 1.65. The van der Waals surface area contributed by atoms with Gasteiger partial charge in [0.25, 0.3) is 0 Å². The van der Waals surface area contributed by atoms with Gasteiger partial charge in [0.1, 0.15) is 0 Å². The average Bonchev–Trinajstić information content (AvgIpc) is 1.97. The van der Waals surface area contributed by atoms with E-state index in [0.29, 0.717) is 5.41 Å². The molecule has 0 bridgehead atoms. The third kappa shape index (κ3) is 2.68. The lowest BCUT2D eigenvalue weighted by Gasteiger charge is -2.37. The molecule has 0 spiro atoms. The van der Waals surface area contributed by atoms with E-state index in [1.54, 1.807) is 0 Å². The summed E-state index contributed by atoms with van der Waals surface area (Å²) in [7, 11) is 2.22. The first kappa shape index (κ1) is 9.40. The summed E-state index contributed by atoms with van der Waals surface area (Å²) in [5.41, 5.74) is 0.631. The highest BCUT2D eigenvalue weighted by Gasteiger charge is 2.27. The van der Waals surface area contributed by atoms with E-state index in [2.05, 4.69) is 25.1 Å². The Kier molecular flexibility index (Phi) is 3.26. The maximum absolute atomic E-state index is 2.43. The lowest BCUT2D eigenvalue weighted by molar-refractivity contribution is 0.161. The van der Waals surface area contributed by atoms with Gasteiger partial charge >= 0.3 is 0 Å². The predicted octanol–water partition coefficient (Wildman–Crippen LogP) is 2.08. The minimum atomic E-state index is 0.631. The molecule has 1 saturated heterocycles. The molecule has 1 nitrogen and oxygen atoms in total. The molecule has 0 saturated carbocycles. The third-order valence-corrected chi connectivity index (χ3v) is 3.67. The predicted molar refractivity (Wildman–Crippen MR) is 53.2 cm³/mol. The van der Waals surface area contributed by atoms with E-state index in [-0.39, 0.29) is 0 Å². The molecule has 0 aliphatic carbocycles. The van der Waals surface area contributed by atoms with Crippen molar-refractivity contribution in [3.63, 3.8) is 0 Å². The lowest BCUT2D eigenvalue weighted by atomic mass is 9.82. The van der Waals surface area contributed by atoms with Gasteiger partial charge in [-0.2, -0.15) is 11.8 Å². The van der Waals surface area contributed by atoms with Crippen molar-refractivity contribution in [1.29, 1.82) is 0 Å². The first-order valence-electron chi connectivity index (χ1n) is 4.34. The molecule has 0 aromatic heterocycles. The molecule has 1 fully saturated rings. The zero-order chi connectivity index (χ0) is 8.32. The van der Waals surface area contributed by atoms with Crippen molar-refractivity contribution in [3.05, 3.63) is 0 Å². The lowest BCUT2D eigenvalue weighted by Crippen LogP contribution is -2.37. The molecule has 0 radical (unpaired) electrons. The molecule has 1 rings (SSSR count). The normalized spacial score (nSPS) is 25.4. The van der Waals surface area contributed by atoms with Gasteiger partial charge in [0.15, 0.2) is 0 Å². The second kappa shape index (κ2) is 3.81. The summed E-state index contributed by atoms with van der Waals surface area (Å²) >= 11 is 1.99. The van der Waals surface area contributed by atoms with Crippen molar-refractivity contribution in [1.82, 2.24) is 4.90 Å². The molecule has 0 N–H and O–H groups in total. The van der Waals surface area contributed by atoms with Gasteiger partial charge in [-0.05, 0) is 50.4 Å². The minimum Gasteiger partial charge on any atom is -0.306 e. The summed E-state index contributed by atoms with van der Waals surface area (Å²) in [6.45, 7) is 5.00. The van der Waals surface area contributed by atoms with Crippen LogP contribution in [0.15, 0.2) is 0 Å². The van der Waals surface area contributed by atoms with E-state index in [1.807, 2.05) is 11.8 Å². The van der Waals surface area contributed by atoms with Crippen LogP contribution in [0.5, 0.6) is 0 Å². The Morgan fingerprint density at radius 2 is 1.91 bits per heavy atom. The second-order valence-electron chi connectivity index (χ2n) is 4.05. The second-order valence-corrected chi connectivity index (χ2v) is 4.91. The van der Waals surface area contributed by atoms with Crippen molar-refractivity contribution >= 4 is 11.8 Å². The fraction of sp³-hybridized carbons (Fsp3) is 1.00. The SMILES string of the molecule is CSCC1(C)CCN(C)CC1. The molecular weight excluding hydrogens is 154 g/mol. The number of nitrogens with zero attached hydrogens (tertiary/aromatic N) is 1. The smallest absolute Gasteiger partial charge is 0.00153 e. The van der Waals surface area contributed by atoms with Gasteiger partial charge in [0.2, 0.25) is 0 Å². The molecule has 0 aromatic carbocycles. The highest BCUT2D eigenvalue weighted by molar-refractivity contribution is 7.98. The largest absolute Gasteiger partial charge is 0.306 e. The average molecular weight is 173 g/mol. The van der Waals surface area contributed by atoms with E-state index < -0.39 is 0 Å². The quantitative estimate of drug-likeness (QED) is 0.629. The molecule has 0 aromatic rings. The van der Waals surface area contributed by atoms with Crippen molar-refractivity contribution < 1.29 is 0 Å². The molecule has 11 heavy (non-hydrogen) atoms. The minimum absolute atomic E-state index is 0.631. The Balaban J connectivity index is 2.35. The van der Waals surface area contributed by atoms with Crippen molar-refractivity contribution in [2.45, 2.75) is 19.8 Å². The Hall–Kier alpha value is 0.310. The molecule has 1 aliphatic rings. The Morgan fingerprint density at radius 1 is 1.36 bits per heavy atom. The third-order valence-electron chi connectivity index (χ3n) is 2.69. The van der Waals surface area contributed by atoms with Crippen LogP contribution in [0.25, 0.3) is 0 Å². The van der Waals surface area contributed by atoms with Crippen LogP contribution in [-0.2, 0) is 0 Å². The van der Waals surface area contributed by atoms with Gasteiger partial charge in [-0.3, -0.25) is 0 Å². The van der Waals surface area contributed by atoms with E-state index in [0.717, 1.165) is 0 Å². The van der Waals surface area contributed by atoms with Crippen LogP contribution in [0, 0.1) is 5.41 Å². The fourth-order valence-corrected chi connectivity index (χ4v) is 2.64. The van der Waals surface area contributed by atoms with Crippen LogP contribution in [0.3, 0.4) is 0 Å². The maximum Gasteiger partial charge on any atom is -0.00153 e. The maximum atomic E-state index is 2.43. The number of hydrogen-bond acceptors (Lipinski definition) is 2. The highest BCUT2D eigenvalue weighted by Crippen LogP contribution is 2.32. The van der Waals surface area contributed by atoms with Crippen LogP contribution in [0.2, 0.25) is 0 Å². The van der Waals surface area contributed by atoms with E-state index in [4.69, 9.17) is 0 Å². The van der Waals surface area contributed by atoms with Gasteiger partial charge in [0.05, 0.1) is 0 Å².